The zero-order valence-electron chi connectivity index (χ0n) is 14.6. The second kappa shape index (κ2) is 6.39. The van der Waals surface area contributed by atoms with Crippen molar-refractivity contribution >= 4 is 5.91 Å². The molecule has 1 amide bonds. The normalized spacial score (nSPS) is 20.6. The van der Waals surface area contributed by atoms with Crippen LogP contribution in [-0.2, 0) is 17.4 Å². The van der Waals surface area contributed by atoms with Gasteiger partial charge in [0.15, 0.2) is 0 Å². The number of hydrogen-bond donors (Lipinski definition) is 2. The van der Waals surface area contributed by atoms with Crippen LogP contribution in [0.15, 0.2) is 24.3 Å². The molecule has 0 radical (unpaired) electrons. The minimum atomic E-state index is -4.39. The van der Waals surface area contributed by atoms with E-state index in [2.05, 4.69) is 38.3 Å². The highest BCUT2D eigenvalue weighted by atomic mass is 19.4. The van der Waals surface area contributed by atoms with Gasteiger partial charge in [0, 0.05) is 17.1 Å². The number of nitrogens with one attached hydrogen (secondary N) is 2. The average Bonchev–Trinajstić information content (AvgIpc) is 2.33. The molecule has 1 fully saturated rings. The van der Waals surface area contributed by atoms with E-state index >= 15 is 0 Å². The van der Waals surface area contributed by atoms with E-state index in [9.17, 15) is 18.0 Å². The van der Waals surface area contributed by atoms with Crippen LogP contribution in [0, 0.1) is 0 Å². The molecule has 1 heterocycles. The van der Waals surface area contributed by atoms with Crippen LogP contribution in [-0.4, -0.2) is 23.0 Å². The molecular formula is C18H25F3N2O. The first kappa shape index (κ1) is 18.8. The molecule has 0 unspecified atom stereocenters. The molecule has 2 rings (SSSR count). The number of halogens is 3. The first-order chi connectivity index (χ1) is 10.9. The Morgan fingerprint density at radius 3 is 2.33 bits per heavy atom. The summed E-state index contributed by atoms with van der Waals surface area (Å²) in [4.78, 5) is 12.3. The highest BCUT2D eigenvalue weighted by Gasteiger charge is 2.38. The van der Waals surface area contributed by atoms with Crippen LogP contribution in [0.4, 0.5) is 13.2 Å². The molecule has 134 valence electrons. The Morgan fingerprint density at radius 2 is 1.79 bits per heavy atom. The molecular weight excluding hydrogens is 317 g/mol. The van der Waals surface area contributed by atoms with Gasteiger partial charge in [0.25, 0.3) is 0 Å². The molecule has 0 bridgehead atoms. The summed E-state index contributed by atoms with van der Waals surface area (Å²) >= 11 is 0. The van der Waals surface area contributed by atoms with Crippen molar-refractivity contribution in [3.05, 3.63) is 35.4 Å². The molecule has 6 heteroatoms. The molecule has 24 heavy (non-hydrogen) atoms. The van der Waals surface area contributed by atoms with Crippen molar-refractivity contribution < 1.29 is 18.0 Å². The third kappa shape index (κ3) is 5.23. The number of benzene rings is 1. The number of carbonyl (C=O) groups excluding carboxylic acids is 1. The summed E-state index contributed by atoms with van der Waals surface area (Å²) in [6.07, 6.45) is -2.88. The summed E-state index contributed by atoms with van der Waals surface area (Å²) in [6.45, 7) is 8.33. The Labute approximate surface area is 141 Å². The van der Waals surface area contributed by atoms with E-state index in [-0.39, 0.29) is 29.4 Å². The van der Waals surface area contributed by atoms with Crippen LogP contribution in [0.1, 0.15) is 51.7 Å². The third-order valence-corrected chi connectivity index (χ3v) is 4.17. The first-order valence-corrected chi connectivity index (χ1v) is 8.11. The Bertz CT molecular complexity index is 593. The smallest absolute Gasteiger partial charge is 0.353 e. The lowest BCUT2D eigenvalue weighted by Gasteiger charge is -2.46. The summed E-state index contributed by atoms with van der Waals surface area (Å²) < 4.78 is 38.2. The van der Waals surface area contributed by atoms with Gasteiger partial charge in [0.1, 0.15) is 0 Å². The fraction of sp³-hybridized carbons (Fsp3) is 0.611. The standard InChI is InChI=1S/C18H25F3N2O/c1-16(2)10-14(11-17(3,4)23-16)22-15(24)9-12-6-5-7-13(8-12)18(19,20)21/h5-8,14,23H,9-11H2,1-4H3,(H,22,24). The predicted octanol–water partition coefficient (Wildman–Crippen LogP) is 3.67. The fourth-order valence-corrected chi connectivity index (χ4v) is 3.75. The summed E-state index contributed by atoms with van der Waals surface area (Å²) in [5, 5.41) is 6.51. The van der Waals surface area contributed by atoms with Gasteiger partial charge in [-0.3, -0.25) is 4.79 Å². The maximum atomic E-state index is 12.7. The van der Waals surface area contributed by atoms with Crippen molar-refractivity contribution in [1.29, 1.82) is 0 Å². The number of piperidine rings is 1. The van der Waals surface area contributed by atoms with Gasteiger partial charge in [-0.25, -0.2) is 0 Å². The van der Waals surface area contributed by atoms with E-state index in [0.717, 1.165) is 25.0 Å². The largest absolute Gasteiger partial charge is 0.416 e. The van der Waals surface area contributed by atoms with Gasteiger partial charge < -0.3 is 10.6 Å². The molecule has 1 saturated heterocycles. The number of rotatable bonds is 3. The predicted molar refractivity (Wildman–Crippen MR) is 87.6 cm³/mol. The molecule has 1 aliphatic heterocycles. The lowest BCUT2D eigenvalue weighted by atomic mass is 9.79. The van der Waals surface area contributed by atoms with E-state index in [0.29, 0.717) is 5.56 Å². The van der Waals surface area contributed by atoms with Gasteiger partial charge in [0.05, 0.1) is 12.0 Å². The van der Waals surface area contributed by atoms with Gasteiger partial charge >= 0.3 is 6.18 Å². The Morgan fingerprint density at radius 1 is 1.21 bits per heavy atom. The molecule has 2 N–H and O–H groups in total. The summed E-state index contributed by atoms with van der Waals surface area (Å²) in [5.74, 6) is -0.243. The zero-order valence-corrected chi connectivity index (χ0v) is 14.6. The molecule has 0 spiro atoms. The van der Waals surface area contributed by atoms with Crippen LogP contribution < -0.4 is 10.6 Å². The Kier molecular flexibility index (Phi) is 5.00. The monoisotopic (exact) mass is 342 g/mol. The molecule has 3 nitrogen and oxygen atoms in total. The van der Waals surface area contributed by atoms with Crippen LogP contribution in [0.5, 0.6) is 0 Å². The zero-order chi connectivity index (χ0) is 18.2. The quantitative estimate of drug-likeness (QED) is 0.880. The van der Waals surface area contributed by atoms with Gasteiger partial charge in [0.2, 0.25) is 5.91 Å². The van der Waals surface area contributed by atoms with Crippen molar-refractivity contribution in [3.8, 4) is 0 Å². The maximum Gasteiger partial charge on any atom is 0.416 e. The van der Waals surface area contributed by atoms with Gasteiger partial charge in [-0.05, 0) is 52.2 Å². The number of carbonyl (C=O) groups is 1. The molecule has 0 atom stereocenters. The van der Waals surface area contributed by atoms with E-state index < -0.39 is 11.7 Å². The summed E-state index contributed by atoms with van der Waals surface area (Å²) in [6, 6.07) is 4.94. The lowest BCUT2D eigenvalue weighted by Crippen LogP contribution is -2.62. The van der Waals surface area contributed by atoms with Gasteiger partial charge in [-0.2, -0.15) is 13.2 Å². The molecule has 1 aromatic rings. The molecule has 1 aliphatic rings. The van der Waals surface area contributed by atoms with Gasteiger partial charge in [-0.15, -0.1) is 0 Å². The molecule has 0 saturated carbocycles. The van der Waals surface area contributed by atoms with E-state index in [1.54, 1.807) is 6.07 Å². The third-order valence-electron chi connectivity index (χ3n) is 4.17. The maximum absolute atomic E-state index is 12.7. The fourth-order valence-electron chi connectivity index (χ4n) is 3.75. The van der Waals surface area contributed by atoms with E-state index in [1.807, 2.05) is 0 Å². The SMILES string of the molecule is CC1(C)CC(NC(=O)Cc2cccc(C(F)(F)F)c2)CC(C)(C)N1. The molecule has 0 aromatic heterocycles. The number of hydrogen-bond acceptors (Lipinski definition) is 2. The van der Waals surface area contributed by atoms with Crippen LogP contribution in [0.25, 0.3) is 0 Å². The minimum Gasteiger partial charge on any atom is -0.353 e. The second-order valence-corrected chi connectivity index (χ2v) is 7.94. The minimum absolute atomic E-state index is 0.00884. The Hall–Kier alpha value is -1.56. The second-order valence-electron chi connectivity index (χ2n) is 7.94. The Balaban J connectivity index is 2.01. The highest BCUT2D eigenvalue weighted by Crippen LogP contribution is 2.30. The van der Waals surface area contributed by atoms with Crippen LogP contribution >= 0.6 is 0 Å². The highest BCUT2D eigenvalue weighted by molar-refractivity contribution is 5.79. The number of amides is 1. The van der Waals surface area contributed by atoms with Crippen molar-refractivity contribution in [2.75, 3.05) is 0 Å². The summed E-state index contributed by atoms with van der Waals surface area (Å²) in [7, 11) is 0. The topological polar surface area (TPSA) is 41.1 Å². The number of alkyl halides is 3. The molecule has 1 aromatic carbocycles. The van der Waals surface area contributed by atoms with Crippen LogP contribution in [0.3, 0.4) is 0 Å². The van der Waals surface area contributed by atoms with Gasteiger partial charge in [-0.1, -0.05) is 18.2 Å². The molecule has 0 aliphatic carbocycles. The van der Waals surface area contributed by atoms with Crippen molar-refractivity contribution in [3.63, 3.8) is 0 Å². The van der Waals surface area contributed by atoms with E-state index in [4.69, 9.17) is 0 Å². The lowest BCUT2D eigenvalue weighted by molar-refractivity contribution is -0.137. The van der Waals surface area contributed by atoms with Crippen molar-refractivity contribution in [2.45, 2.75) is 70.3 Å². The van der Waals surface area contributed by atoms with Crippen LogP contribution in [0.2, 0.25) is 0 Å². The summed E-state index contributed by atoms with van der Waals surface area (Å²) in [5.41, 5.74) is -0.557. The van der Waals surface area contributed by atoms with Crippen molar-refractivity contribution in [1.82, 2.24) is 10.6 Å². The average molecular weight is 342 g/mol. The van der Waals surface area contributed by atoms with E-state index in [1.165, 1.54) is 6.07 Å². The van der Waals surface area contributed by atoms with Crippen molar-refractivity contribution in [2.24, 2.45) is 0 Å². The first-order valence-electron chi connectivity index (χ1n) is 8.11.